The number of likely N-dealkylation sites (tertiary alicyclic amines) is 1. The van der Waals surface area contributed by atoms with Crippen LogP contribution in [0, 0.1) is 0 Å². The summed E-state index contributed by atoms with van der Waals surface area (Å²) in [4.78, 5) is 42.6. The molecular formula is C39H36N2O4S. The number of hydrogen-bond donors (Lipinski definition) is 0. The maximum atomic E-state index is 13.4. The first kappa shape index (κ1) is 31.1. The van der Waals surface area contributed by atoms with E-state index in [4.69, 9.17) is 4.74 Å². The number of nitrogens with zero attached hydrogens (tertiary/aromatic N) is 2. The Morgan fingerprint density at radius 2 is 1.30 bits per heavy atom. The number of carbonyl (C=O) groups is 3. The van der Waals surface area contributed by atoms with Crippen LogP contribution in [0.2, 0.25) is 0 Å². The molecule has 0 radical (unpaired) electrons. The van der Waals surface area contributed by atoms with Crippen molar-refractivity contribution in [1.82, 2.24) is 9.80 Å². The first-order valence-corrected chi connectivity index (χ1v) is 16.3. The lowest BCUT2D eigenvalue weighted by Crippen LogP contribution is -2.36. The molecule has 2 aliphatic rings. The van der Waals surface area contributed by atoms with Gasteiger partial charge in [-0.05, 0) is 42.2 Å². The van der Waals surface area contributed by atoms with Gasteiger partial charge in [-0.3, -0.25) is 14.5 Å². The Bertz CT molecular complexity index is 1630. The highest BCUT2D eigenvalue weighted by atomic mass is 32.2. The molecule has 6 nitrogen and oxygen atoms in total. The second kappa shape index (κ2) is 13.6. The molecule has 46 heavy (non-hydrogen) atoms. The lowest BCUT2D eigenvalue weighted by atomic mass is 9.84. The molecule has 6 rings (SSSR count). The van der Waals surface area contributed by atoms with Gasteiger partial charge in [-0.15, -0.1) is 11.8 Å². The zero-order chi connectivity index (χ0) is 32.1. The summed E-state index contributed by atoms with van der Waals surface area (Å²) < 4.78 is 5.00. The van der Waals surface area contributed by atoms with E-state index in [9.17, 15) is 14.4 Å². The first-order chi connectivity index (χ1) is 22.4. The topological polar surface area (TPSA) is 66.9 Å². The van der Waals surface area contributed by atoms with E-state index in [0.29, 0.717) is 24.1 Å². The lowest BCUT2D eigenvalue weighted by molar-refractivity contribution is 0.0667. The van der Waals surface area contributed by atoms with Gasteiger partial charge in [0, 0.05) is 11.8 Å². The summed E-state index contributed by atoms with van der Waals surface area (Å²) in [5.74, 6) is -0.595. The first-order valence-electron chi connectivity index (χ1n) is 15.4. The summed E-state index contributed by atoms with van der Waals surface area (Å²) in [7, 11) is 0. The Labute approximate surface area is 274 Å². The van der Waals surface area contributed by atoms with Crippen LogP contribution in [0.4, 0.5) is 4.79 Å². The summed E-state index contributed by atoms with van der Waals surface area (Å²) in [6, 6.07) is 38.1. The molecule has 0 aliphatic carbocycles. The summed E-state index contributed by atoms with van der Waals surface area (Å²) in [6.07, 6.45) is 3.82. The number of benzene rings is 4. The molecule has 2 heterocycles. The van der Waals surface area contributed by atoms with Crippen LogP contribution in [0.15, 0.2) is 140 Å². The van der Waals surface area contributed by atoms with Crippen LogP contribution in [0.25, 0.3) is 0 Å². The maximum Gasteiger partial charge on any atom is 0.410 e. The SMILES string of the molecule is C=CCOC(=O)N1CC(SC(c2ccccc2)(c2ccccc2)c2ccccc2)CC1C=C(C)CN1C(=O)c2ccccc2C1=O. The van der Waals surface area contributed by atoms with Gasteiger partial charge < -0.3 is 9.64 Å². The minimum absolute atomic E-state index is 0.0326. The van der Waals surface area contributed by atoms with Gasteiger partial charge in [0.2, 0.25) is 0 Å². The maximum absolute atomic E-state index is 13.4. The van der Waals surface area contributed by atoms with Crippen molar-refractivity contribution in [2.45, 2.75) is 29.4 Å². The van der Waals surface area contributed by atoms with E-state index in [2.05, 4.69) is 79.4 Å². The largest absolute Gasteiger partial charge is 0.445 e. The molecule has 2 unspecified atom stereocenters. The van der Waals surface area contributed by atoms with E-state index in [0.717, 1.165) is 22.3 Å². The standard InChI is InChI=1S/C39H36N2O4S/c1-3-23-45-38(44)40-27-33(25-32(40)24-28(2)26-41-36(42)34-21-13-14-22-35(34)37(41)43)46-39(29-15-7-4-8-16-29,30-17-9-5-10-18-30)31-19-11-6-12-20-31/h3-22,24,32-33H,1,23,25-27H2,2H3. The number of carbonyl (C=O) groups excluding carboxylic acids is 3. The molecule has 0 bridgehead atoms. The summed E-state index contributed by atoms with van der Waals surface area (Å²) in [5, 5.41) is 0.0326. The second-order valence-corrected chi connectivity index (χ2v) is 13.1. The van der Waals surface area contributed by atoms with Crippen LogP contribution in [0.5, 0.6) is 0 Å². The Balaban J connectivity index is 1.34. The average Bonchev–Trinajstić information content (AvgIpc) is 3.60. The molecule has 3 amide bonds. The molecule has 2 aliphatic heterocycles. The smallest absolute Gasteiger partial charge is 0.410 e. The van der Waals surface area contributed by atoms with Crippen molar-refractivity contribution in [2.75, 3.05) is 19.7 Å². The highest BCUT2D eigenvalue weighted by Crippen LogP contribution is 2.52. The van der Waals surface area contributed by atoms with Crippen molar-refractivity contribution in [2.24, 2.45) is 0 Å². The van der Waals surface area contributed by atoms with Crippen molar-refractivity contribution >= 4 is 29.7 Å². The molecular weight excluding hydrogens is 593 g/mol. The van der Waals surface area contributed by atoms with E-state index in [1.165, 1.54) is 4.90 Å². The number of rotatable bonds is 10. The van der Waals surface area contributed by atoms with Gasteiger partial charge in [-0.1, -0.05) is 127 Å². The third kappa shape index (κ3) is 6.03. The third-order valence-electron chi connectivity index (χ3n) is 8.51. The van der Waals surface area contributed by atoms with E-state index in [1.54, 1.807) is 35.2 Å². The number of hydrogen-bond acceptors (Lipinski definition) is 5. The fraction of sp³-hybridized carbons (Fsp3) is 0.205. The minimum atomic E-state index is -0.543. The highest BCUT2D eigenvalue weighted by molar-refractivity contribution is 8.01. The molecule has 0 aromatic heterocycles. The van der Waals surface area contributed by atoms with Crippen molar-refractivity contribution in [3.05, 3.63) is 167 Å². The van der Waals surface area contributed by atoms with Crippen molar-refractivity contribution in [1.29, 1.82) is 0 Å². The molecule has 7 heteroatoms. The molecule has 4 aromatic carbocycles. The second-order valence-electron chi connectivity index (χ2n) is 11.6. The molecule has 1 saturated heterocycles. The average molecular weight is 629 g/mol. The monoisotopic (exact) mass is 628 g/mol. The van der Waals surface area contributed by atoms with Crippen molar-refractivity contribution < 1.29 is 19.1 Å². The van der Waals surface area contributed by atoms with Crippen LogP contribution in [-0.4, -0.2) is 58.7 Å². The Morgan fingerprint density at radius 1 is 0.826 bits per heavy atom. The highest BCUT2D eigenvalue weighted by Gasteiger charge is 2.44. The third-order valence-corrected chi connectivity index (χ3v) is 10.2. The van der Waals surface area contributed by atoms with E-state index in [-0.39, 0.29) is 36.3 Å². The van der Waals surface area contributed by atoms with Gasteiger partial charge >= 0.3 is 6.09 Å². The molecule has 0 saturated carbocycles. The number of imide groups is 1. The summed E-state index contributed by atoms with van der Waals surface area (Å²) in [5.41, 5.74) is 5.13. The predicted molar refractivity (Wildman–Crippen MR) is 183 cm³/mol. The predicted octanol–water partition coefficient (Wildman–Crippen LogP) is 7.72. The minimum Gasteiger partial charge on any atom is -0.445 e. The molecule has 0 spiro atoms. The van der Waals surface area contributed by atoms with Crippen LogP contribution in [0.3, 0.4) is 0 Å². The number of fused-ring (bicyclic) bond motifs is 1. The zero-order valence-electron chi connectivity index (χ0n) is 25.8. The van der Waals surface area contributed by atoms with Crippen LogP contribution in [0.1, 0.15) is 50.8 Å². The summed E-state index contributed by atoms with van der Waals surface area (Å²) >= 11 is 1.84. The van der Waals surface area contributed by atoms with Crippen LogP contribution < -0.4 is 0 Å². The lowest BCUT2D eigenvalue weighted by Gasteiger charge is -2.37. The summed E-state index contributed by atoms with van der Waals surface area (Å²) in [6.45, 7) is 6.33. The fourth-order valence-electron chi connectivity index (χ4n) is 6.48. The number of thioether (sulfide) groups is 1. The Morgan fingerprint density at radius 3 is 1.78 bits per heavy atom. The molecule has 2 atom stereocenters. The number of ether oxygens (including phenoxy) is 1. The van der Waals surface area contributed by atoms with Gasteiger partial charge in [0.05, 0.1) is 28.5 Å². The van der Waals surface area contributed by atoms with Gasteiger partial charge in [-0.25, -0.2) is 4.79 Å². The van der Waals surface area contributed by atoms with E-state index in [1.807, 2.05) is 43.0 Å². The molecule has 4 aromatic rings. The van der Waals surface area contributed by atoms with E-state index >= 15 is 0 Å². The van der Waals surface area contributed by atoms with Crippen molar-refractivity contribution in [3.8, 4) is 0 Å². The molecule has 1 fully saturated rings. The Hall–Kier alpha value is -4.88. The molecule has 232 valence electrons. The molecule has 0 N–H and O–H groups in total. The van der Waals surface area contributed by atoms with Crippen LogP contribution in [-0.2, 0) is 9.48 Å². The normalized spacial score (nSPS) is 18.1. The van der Waals surface area contributed by atoms with Gasteiger partial charge in [0.15, 0.2) is 0 Å². The van der Waals surface area contributed by atoms with E-state index < -0.39 is 10.8 Å². The zero-order valence-corrected chi connectivity index (χ0v) is 26.6. The fourth-order valence-corrected chi connectivity index (χ4v) is 8.32. The van der Waals surface area contributed by atoms with Gasteiger partial charge in [0.25, 0.3) is 11.8 Å². The van der Waals surface area contributed by atoms with Crippen LogP contribution >= 0.6 is 11.8 Å². The van der Waals surface area contributed by atoms with Crippen molar-refractivity contribution in [3.63, 3.8) is 0 Å². The number of amides is 3. The van der Waals surface area contributed by atoms with Gasteiger partial charge in [0.1, 0.15) is 6.61 Å². The Kier molecular flexibility index (Phi) is 9.22. The quantitative estimate of drug-likeness (QED) is 0.102. The van der Waals surface area contributed by atoms with Gasteiger partial charge in [-0.2, -0.15) is 0 Å².